The summed E-state index contributed by atoms with van der Waals surface area (Å²) in [6.45, 7) is 3.89. The minimum Gasteiger partial charge on any atom is -0.481 e. The van der Waals surface area contributed by atoms with E-state index in [9.17, 15) is 9.90 Å². The molecule has 3 rings (SSSR count). The minimum absolute atomic E-state index is 0.0504. The fourth-order valence-electron chi connectivity index (χ4n) is 2.95. The number of aryl methyl sites for hydroxylation is 1. The zero-order valence-corrected chi connectivity index (χ0v) is 16.4. The molecule has 0 spiro atoms. The van der Waals surface area contributed by atoms with E-state index in [1.54, 1.807) is 17.8 Å². The Bertz CT molecular complexity index is 998. The summed E-state index contributed by atoms with van der Waals surface area (Å²) in [5.41, 5.74) is 2.58. The van der Waals surface area contributed by atoms with Gasteiger partial charge in [-0.25, -0.2) is 0 Å². The molecule has 0 radical (unpaired) electrons. The third kappa shape index (κ3) is 3.81. The number of carbonyl (C=O) groups is 1. The molecule has 1 N–H and O–H groups in total. The zero-order chi connectivity index (χ0) is 18.8. The Morgan fingerprint density at radius 1 is 1.15 bits per heavy atom. The van der Waals surface area contributed by atoms with Gasteiger partial charge in [-0.2, -0.15) is 0 Å². The van der Waals surface area contributed by atoms with E-state index in [1.165, 1.54) is 4.90 Å². The SMILES string of the molecule is CSc1ccc(Oc2c(C)c(CC(=O)O)cc3ccc(Cl)cc23)c(C)c1. The number of halogens is 1. The minimum atomic E-state index is -0.868. The zero-order valence-electron chi connectivity index (χ0n) is 14.8. The van der Waals surface area contributed by atoms with Gasteiger partial charge in [0, 0.05) is 15.3 Å². The highest BCUT2D eigenvalue weighted by Crippen LogP contribution is 2.38. The largest absolute Gasteiger partial charge is 0.481 e. The summed E-state index contributed by atoms with van der Waals surface area (Å²) in [4.78, 5) is 12.4. The average molecular weight is 387 g/mol. The van der Waals surface area contributed by atoms with Crippen LogP contribution in [0, 0.1) is 13.8 Å². The Kier molecular flexibility index (Phi) is 5.44. The molecule has 5 heteroatoms. The monoisotopic (exact) mass is 386 g/mol. The van der Waals surface area contributed by atoms with Gasteiger partial charge in [0.15, 0.2) is 0 Å². The first-order chi connectivity index (χ1) is 12.4. The number of benzene rings is 3. The number of fused-ring (bicyclic) bond motifs is 1. The number of hydrogen-bond donors (Lipinski definition) is 1. The lowest BCUT2D eigenvalue weighted by atomic mass is 9.98. The fraction of sp³-hybridized carbons (Fsp3) is 0.190. The van der Waals surface area contributed by atoms with Crippen molar-refractivity contribution in [1.82, 2.24) is 0 Å². The number of carboxylic acids is 1. The Balaban J connectivity index is 2.17. The lowest BCUT2D eigenvalue weighted by Crippen LogP contribution is -2.04. The maximum Gasteiger partial charge on any atom is 0.307 e. The molecule has 0 bridgehead atoms. The van der Waals surface area contributed by atoms with E-state index < -0.39 is 5.97 Å². The summed E-state index contributed by atoms with van der Waals surface area (Å²) in [6.07, 6.45) is 1.98. The molecule has 0 aromatic heterocycles. The lowest BCUT2D eigenvalue weighted by Gasteiger charge is -2.17. The van der Waals surface area contributed by atoms with Crippen LogP contribution >= 0.6 is 23.4 Å². The molecule has 0 heterocycles. The second kappa shape index (κ2) is 7.60. The molecule has 0 aliphatic carbocycles. The molecule has 0 saturated carbocycles. The van der Waals surface area contributed by atoms with Gasteiger partial charge in [-0.1, -0.05) is 23.7 Å². The number of aliphatic carboxylic acids is 1. The maximum atomic E-state index is 11.2. The Labute approximate surface area is 161 Å². The Morgan fingerprint density at radius 3 is 2.58 bits per heavy atom. The Hall–Kier alpha value is -2.17. The van der Waals surface area contributed by atoms with Gasteiger partial charge in [0.1, 0.15) is 11.5 Å². The van der Waals surface area contributed by atoms with E-state index in [2.05, 4.69) is 6.07 Å². The van der Waals surface area contributed by atoms with Crippen LogP contribution in [0.4, 0.5) is 0 Å². The van der Waals surface area contributed by atoms with Crippen LogP contribution in [0.2, 0.25) is 5.02 Å². The van der Waals surface area contributed by atoms with E-state index in [0.29, 0.717) is 10.8 Å². The normalized spacial score (nSPS) is 10.9. The number of ether oxygens (including phenoxy) is 1. The van der Waals surface area contributed by atoms with Crippen LogP contribution in [0.25, 0.3) is 10.8 Å². The second-order valence-electron chi connectivity index (χ2n) is 6.16. The topological polar surface area (TPSA) is 46.5 Å². The molecular formula is C21H19ClO3S. The van der Waals surface area contributed by atoms with Crippen LogP contribution in [0.15, 0.2) is 47.4 Å². The van der Waals surface area contributed by atoms with E-state index in [1.807, 2.05) is 50.4 Å². The summed E-state index contributed by atoms with van der Waals surface area (Å²) >= 11 is 7.87. The number of carboxylic acid groups (broad SMARTS) is 1. The van der Waals surface area contributed by atoms with Crippen LogP contribution < -0.4 is 4.74 Å². The average Bonchev–Trinajstić information content (AvgIpc) is 2.60. The van der Waals surface area contributed by atoms with Gasteiger partial charge in [-0.05, 0) is 72.5 Å². The molecule has 3 aromatic rings. The molecular weight excluding hydrogens is 368 g/mol. The van der Waals surface area contributed by atoms with Crippen LogP contribution in [-0.4, -0.2) is 17.3 Å². The summed E-state index contributed by atoms with van der Waals surface area (Å²) in [5.74, 6) is 0.536. The van der Waals surface area contributed by atoms with Gasteiger partial charge in [0.25, 0.3) is 0 Å². The maximum absolute atomic E-state index is 11.2. The van der Waals surface area contributed by atoms with Crippen molar-refractivity contribution in [3.05, 3.63) is 64.2 Å². The summed E-state index contributed by atoms with van der Waals surface area (Å²) in [7, 11) is 0. The molecule has 0 aliphatic rings. The van der Waals surface area contributed by atoms with Crippen molar-refractivity contribution in [3.63, 3.8) is 0 Å². The van der Waals surface area contributed by atoms with Crippen molar-refractivity contribution >= 4 is 40.1 Å². The first-order valence-electron chi connectivity index (χ1n) is 8.15. The van der Waals surface area contributed by atoms with E-state index in [4.69, 9.17) is 16.3 Å². The number of rotatable bonds is 5. The standard InChI is InChI=1S/C21H19ClO3S/c1-12-8-17(26-3)6-7-19(12)25-21-13(2)15(10-20(23)24)9-14-4-5-16(22)11-18(14)21/h4-9,11H,10H2,1-3H3,(H,23,24). The first kappa shape index (κ1) is 18.6. The summed E-state index contributed by atoms with van der Waals surface area (Å²) < 4.78 is 6.27. The van der Waals surface area contributed by atoms with Crippen LogP contribution in [0.5, 0.6) is 11.5 Å². The molecule has 3 aromatic carbocycles. The quantitative estimate of drug-likeness (QED) is 0.526. The first-order valence-corrected chi connectivity index (χ1v) is 9.75. The molecule has 3 nitrogen and oxygen atoms in total. The number of thioether (sulfide) groups is 1. The highest BCUT2D eigenvalue weighted by atomic mass is 35.5. The van der Waals surface area contributed by atoms with Crippen molar-refractivity contribution in [2.45, 2.75) is 25.2 Å². The van der Waals surface area contributed by atoms with Crippen molar-refractivity contribution in [1.29, 1.82) is 0 Å². The molecule has 0 atom stereocenters. The highest BCUT2D eigenvalue weighted by molar-refractivity contribution is 7.98. The Morgan fingerprint density at radius 2 is 1.92 bits per heavy atom. The predicted molar refractivity (Wildman–Crippen MR) is 108 cm³/mol. The van der Waals surface area contributed by atoms with Crippen LogP contribution in [-0.2, 0) is 11.2 Å². The molecule has 0 fully saturated rings. The summed E-state index contributed by atoms with van der Waals surface area (Å²) in [6, 6.07) is 13.5. The third-order valence-corrected chi connectivity index (χ3v) is 5.31. The van der Waals surface area contributed by atoms with Crippen LogP contribution in [0.3, 0.4) is 0 Å². The molecule has 26 heavy (non-hydrogen) atoms. The highest BCUT2D eigenvalue weighted by Gasteiger charge is 2.16. The van der Waals surface area contributed by atoms with Gasteiger partial charge < -0.3 is 9.84 Å². The second-order valence-corrected chi connectivity index (χ2v) is 7.48. The van der Waals surface area contributed by atoms with Gasteiger partial charge in [0.2, 0.25) is 0 Å². The van der Waals surface area contributed by atoms with Crippen molar-refractivity contribution < 1.29 is 14.6 Å². The summed E-state index contributed by atoms with van der Waals surface area (Å²) in [5, 5.41) is 11.6. The van der Waals surface area contributed by atoms with E-state index in [0.717, 1.165) is 33.2 Å². The number of hydrogen-bond acceptors (Lipinski definition) is 3. The van der Waals surface area contributed by atoms with Gasteiger partial charge in [0.05, 0.1) is 6.42 Å². The van der Waals surface area contributed by atoms with Crippen molar-refractivity contribution in [2.75, 3.05) is 6.26 Å². The molecule has 0 saturated heterocycles. The molecule has 0 unspecified atom stereocenters. The van der Waals surface area contributed by atoms with E-state index >= 15 is 0 Å². The lowest BCUT2D eigenvalue weighted by molar-refractivity contribution is -0.136. The van der Waals surface area contributed by atoms with Crippen molar-refractivity contribution in [2.24, 2.45) is 0 Å². The van der Waals surface area contributed by atoms with E-state index in [-0.39, 0.29) is 6.42 Å². The fourth-order valence-corrected chi connectivity index (χ4v) is 3.62. The van der Waals surface area contributed by atoms with Gasteiger partial charge in [-0.15, -0.1) is 11.8 Å². The third-order valence-electron chi connectivity index (χ3n) is 4.35. The van der Waals surface area contributed by atoms with Gasteiger partial charge in [-0.3, -0.25) is 4.79 Å². The molecule has 134 valence electrons. The van der Waals surface area contributed by atoms with Crippen molar-refractivity contribution in [3.8, 4) is 11.5 Å². The molecule has 0 amide bonds. The smallest absolute Gasteiger partial charge is 0.307 e. The van der Waals surface area contributed by atoms with Gasteiger partial charge >= 0.3 is 5.97 Å². The van der Waals surface area contributed by atoms with Crippen LogP contribution in [0.1, 0.15) is 16.7 Å². The predicted octanol–water partition coefficient (Wildman–Crippen LogP) is 6.25. The molecule has 0 aliphatic heterocycles.